The van der Waals surface area contributed by atoms with Gasteiger partial charge >= 0.3 is 6.18 Å². The summed E-state index contributed by atoms with van der Waals surface area (Å²) in [6.07, 6.45) is -1.83. The van der Waals surface area contributed by atoms with E-state index in [2.05, 4.69) is 25.8 Å². The number of hydrogen-bond donors (Lipinski definition) is 3. The van der Waals surface area contributed by atoms with Crippen molar-refractivity contribution in [3.05, 3.63) is 35.4 Å². The molecule has 1 heterocycles. The van der Waals surface area contributed by atoms with Crippen LogP contribution in [0, 0.1) is 0 Å². The zero-order valence-corrected chi connectivity index (χ0v) is 18.6. The van der Waals surface area contributed by atoms with E-state index in [1.165, 1.54) is 12.1 Å². The van der Waals surface area contributed by atoms with Crippen LogP contribution in [0.1, 0.15) is 50.2 Å². The number of likely N-dealkylation sites (tertiary alicyclic amines) is 1. The number of guanidine groups is 1. The summed E-state index contributed by atoms with van der Waals surface area (Å²) in [5.41, 5.74) is 0.0598. The maximum atomic E-state index is 12.9. The third-order valence-electron chi connectivity index (χ3n) is 5.53. The van der Waals surface area contributed by atoms with Crippen molar-refractivity contribution < 1.29 is 18.0 Å². The predicted octanol–water partition coefficient (Wildman–Crippen LogP) is 2.96. The molecule has 0 aromatic heterocycles. The van der Waals surface area contributed by atoms with Crippen LogP contribution in [0.2, 0.25) is 0 Å². The van der Waals surface area contributed by atoms with E-state index >= 15 is 0 Å². The monoisotopic (exact) mass is 441 g/mol. The topological polar surface area (TPSA) is 68.8 Å². The van der Waals surface area contributed by atoms with E-state index in [0.29, 0.717) is 25.1 Å². The molecule has 0 saturated carbocycles. The fraction of sp³-hybridized carbons (Fsp3) is 0.636. The number of halogens is 3. The summed E-state index contributed by atoms with van der Waals surface area (Å²) in [6.45, 7) is 7.27. The second kappa shape index (κ2) is 11.9. The van der Waals surface area contributed by atoms with E-state index in [-0.39, 0.29) is 17.9 Å². The molecule has 9 heteroatoms. The molecule has 1 atom stereocenters. The molecule has 1 aliphatic rings. The molecule has 1 aromatic carbocycles. The van der Waals surface area contributed by atoms with Gasteiger partial charge < -0.3 is 16.0 Å². The predicted molar refractivity (Wildman–Crippen MR) is 117 cm³/mol. The van der Waals surface area contributed by atoms with E-state index < -0.39 is 11.7 Å². The number of carbonyl (C=O) groups excluding carboxylic acids is 1. The molecule has 0 aliphatic carbocycles. The molecule has 1 unspecified atom stereocenters. The fourth-order valence-electron chi connectivity index (χ4n) is 3.59. The van der Waals surface area contributed by atoms with Crippen LogP contribution in [-0.4, -0.2) is 62.6 Å². The number of rotatable bonds is 8. The van der Waals surface area contributed by atoms with Crippen molar-refractivity contribution in [2.45, 2.75) is 51.2 Å². The lowest BCUT2D eigenvalue weighted by Crippen LogP contribution is -2.50. The Hall–Kier alpha value is -2.29. The van der Waals surface area contributed by atoms with E-state index in [0.717, 1.165) is 44.5 Å². The van der Waals surface area contributed by atoms with Gasteiger partial charge in [-0.15, -0.1) is 0 Å². The third-order valence-corrected chi connectivity index (χ3v) is 5.53. The SMILES string of the molecule is CCNC(=NCCC(C)c1cccc(C(F)(F)F)c1)NC1CCN(CC(=O)NC)CC1. The summed E-state index contributed by atoms with van der Waals surface area (Å²) in [5, 5.41) is 9.33. The average Bonchev–Trinajstić information content (AvgIpc) is 2.74. The molecule has 2 rings (SSSR count). The molecule has 31 heavy (non-hydrogen) atoms. The molecule has 0 bridgehead atoms. The van der Waals surface area contributed by atoms with Crippen LogP contribution >= 0.6 is 0 Å². The first kappa shape index (κ1) is 25.0. The molecule has 0 radical (unpaired) electrons. The Kier molecular flexibility index (Phi) is 9.61. The lowest BCUT2D eigenvalue weighted by atomic mass is 9.96. The first-order valence-electron chi connectivity index (χ1n) is 10.9. The highest BCUT2D eigenvalue weighted by Crippen LogP contribution is 2.31. The molecule has 174 valence electrons. The second-order valence-electron chi connectivity index (χ2n) is 7.94. The van der Waals surface area contributed by atoms with E-state index in [4.69, 9.17) is 0 Å². The summed E-state index contributed by atoms with van der Waals surface area (Å²) < 4.78 is 38.8. The maximum absolute atomic E-state index is 12.9. The first-order valence-corrected chi connectivity index (χ1v) is 10.9. The number of amides is 1. The molecule has 1 aromatic rings. The van der Waals surface area contributed by atoms with Gasteiger partial charge in [-0.2, -0.15) is 13.2 Å². The standard InChI is InChI=1S/C22H34F3N5O/c1-4-27-21(29-19-9-12-30(13-10-19)15-20(31)26-3)28-11-8-16(2)17-6-5-7-18(14-17)22(23,24)25/h5-7,14,16,19H,4,8-13,15H2,1-3H3,(H,26,31)(H2,27,28,29). The molecule has 1 amide bonds. The van der Waals surface area contributed by atoms with Gasteiger partial charge in [0.15, 0.2) is 5.96 Å². The van der Waals surface area contributed by atoms with Gasteiger partial charge in [-0.3, -0.25) is 14.7 Å². The minimum Gasteiger partial charge on any atom is -0.358 e. The van der Waals surface area contributed by atoms with Gasteiger partial charge in [0.1, 0.15) is 0 Å². The number of nitrogens with one attached hydrogen (secondary N) is 3. The van der Waals surface area contributed by atoms with Crippen LogP contribution in [0.15, 0.2) is 29.3 Å². The first-order chi connectivity index (χ1) is 14.7. The highest BCUT2D eigenvalue weighted by Gasteiger charge is 2.30. The van der Waals surface area contributed by atoms with Crippen LogP contribution in [0.4, 0.5) is 13.2 Å². The van der Waals surface area contributed by atoms with Crippen LogP contribution in [0.3, 0.4) is 0 Å². The number of piperidine rings is 1. The largest absolute Gasteiger partial charge is 0.416 e. The van der Waals surface area contributed by atoms with Crippen LogP contribution in [0.25, 0.3) is 0 Å². The molecule has 6 nitrogen and oxygen atoms in total. The Morgan fingerprint density at radius 3 is 2.61 bits per heavy atom. The maximum Gasteiger partial charge on any atom is 0.416 e. The summed E-state index contributed by atoms with van der Waals surface area (Å²) >= 11 is 0. The van der Waals surface area contributed by atoms with Crippen LogP contribution < -0.4 is 16.0 Å². The molecule has 1 fully saturated rings. The van der Waals surface area contributed by atoms with Gasteiger partial charge in [0.25, 0.3) is 0 Å². The molecular formula is C22H34F3N5O. The quantitative estimate of drug-likeness (QED) is 0.429. The minimum atomic E-state index is -4.33. The average molecular weight is 442 g/mol. The fourth-order valence-corrected chi connectivity index (χ4v) is 3.59. The molecule has 0 spiro atoms. The molecule has 1 aliphatic heterocycles. The number of carbonyl (C=O) groups is 1. The Balaban J connectivity index is 1.85. The Morgan fingerprint density at radius 2 is 2.00 bits per heavy atom. The number of aliphatic imine (C=N–C) groups is 1. The Bertz CT molecular complexity index is 730. The summed E-state index contributed by atoms with van der Waals surface area (Å²) in [5.74, 6) is 0.724. The van der Waals surface area contributed by atoms with Gasteiger partial charge in [0.2, 0.25) is 5.91 Å². The highest BCUT2D eigenvalue weighted by molar-refractivity contribution is 5.80. The van der Waals surface area contributed by atoms with Crippen molar-refractivity contribution in [1.29, 1.82) is 0 Å². The summed E-state index contributed by atoms with van der Waals surface area (Å²) in [4.78, 5) is 18.3. The molecule has 3 N–H and O–H groups in total. The van der Waals surface area contributed by atoms with Crippen molar-refractivity contribution in [3.63, 3.8) is 0 Å². The molecule has 1 saturated heterocycles. The van der Waals surface area contributed by atoms with Crippen molar-refractivity contribution in [2.24, 2.45) is 4.99 Å². The Morgan fingerprint density at radius 1 is 1.29 bits per heavy atom. The zero-order chi connectivity index (χ0) is 22.9. The van der Waals surface area contributed by atoms with Gasteiger partial charge in [-0.25, -0.2) is 0 Å². The number of nitrogens with zero attached hydrogens (tertiary/aromatic N) is 2. The summed E-state index contributed by atoms with van der Waals surface area (Å²) in [7, 11) is 1.64. The van der Waals surface area contributed by atoms with Gasteiger partial charge in [0, 0.05) is 39.3 Å². The number of benzene rings is 1. The van der Waals surface area contributed by atoms with E-state index in [9.17, 15) is 18.0 Å². The van der Waals surface area contributed by atoms with Crippen molar-refractivity contribution in [3.8, 4) is 0 Å². The normalized spacial score (nSPS) is 17.3. The highest BCUT2D eigenvalue weighted by atomic mass is 19.4. The zero-order valence-electron chi connectivity index (χ0n) is 18.6. The van der Waals surface area contributed by atoms with Crippen molar-refractivity contribution in [2.75, 3.05) is 39.8 Å². The Labute approximate surface area is 182 Å². The number of hydrogen-bond acceptors (Lipinski definition) is 3. The van der Waals surface area contributed by atoms with E-state index in [1.54, 1.807) is 13.1 Å². The lowest BCUT2D eigenvalue weighted by molar-refractivity contribution is -0.137. The number of alkyl halides is 3. The van der Waals surface area contributed by atoms with Gasteiger partial charge in [-0.1, -0.05) is 25.1 Å². The minimum absolute atomic E-state index is 0.0243. The smallest absolute Gasteiger partial charge is 0.358 e. The van der Waals surface area contributed by atoms with Crippen LogP contribution in [0.5, 0.6) is 0 Å². The number of likely N-dealkylation sites (N-methyl/N-ethyl adjacent to an activating group) is 1. The third kappa shape index (κ3) is 8.40. The van der Waals surface area contributed by atoms with Crippen molar-refractivity contribution in [1.82, 2.24) is 20.9 Å². The lowest BCUT2D eigenvalue weighted by Gasteiger charge is -2.32. The van der Waals surface area contributed by atoms with Gasteiger partial charge in [-0.05, 0) is 43.7 Å². The second-order valence-corrected chi connectivity index (χ2v) is 7.94. The molecular weight excluding hydrogens is 407 g/mol. The van der Waals surface area contributed by atoms with Crippen molar-refractivity contribution >= 4 is 11.9 Å². The van der Waals surface area contributed by atoms with Crippen LogP contribution in [-0.2, 0) is 11.0 Å². The van der Waals surface area contributed by atoms with Gasteiger partial charge in [0.05, 0.1) is 12.1 Å². The van der Waals surface area contributed by atoms with E-state index in [1.807, 2.05) is 13.8 Å². The summed E-state index contributed by atoms with van der Waals surface area (Å²) in [6, 6.07) is 5.80.